The Morgan fingerprint density at radius 2 is 1.90 bits per heavy atom. The number of nitrogens with zero attached hydrogens (tertiary/aromatic N) is 3. The van der Waals surface area contributed by atoms with Gasteiger partial charge in [-0.3, -0.25) is 0 Å². The summed E-state index contributed by atoms with van der Waals surface area (Å²) in [4.78, 5) is 7.64. The third-order valence-corrected chi connectivity index (χ3v) is 7.83. The fraction of sp³-hybridized carbons (Fsp3) is 0.417. The molecule has 1 aliphatic rings. The molecule has 0 aliphatic carbocycles. The molecule has 3 rings (SSSR count). The van der Waals surface area contributed by atoms with Crippen molar-refractivity contribution >= 4 is 49.4 Å². The molecular formula is C12H14ClN3O2S3. The molecule has 0 atom stereocenters. The fourth-order valence-electron chi connectivity index (χ4n) is 2.17. The van der Waals surface area contributed by atoms with E-state index >= 15 is 0 Å². The van der Waals surface area contributed by atoms with Crippen molar-refractivity contribution in [2.24, 2.45) is 0 Å². The van der Waals surface area contributed by atoms with Crippen molar-refractivity contribution in [2.45, 2.75) is 11.1 Å². The Morgan fingerprint density at radius 1 is 1.19 bits per heavy atom. The van der Waals surface area contributed by atoms with Gasteiger partial charge in [-0.1, -0.05) is 11.6 Å². The zero-order chi connectivity index (χ0) is 15.0. The zero-order valence-corrected chi connectivity index (χ0v) is 14.5. The molecule has 0 spiro atoms. The second kappa shape index (κ2) is 5.85. The number of anilines is 1. The van der Waals surface area contributed by atoms with Gasteiger partial charge in [0.15, 0.2) is 5.13 Å². The fourth-order valence-corrected chi connectivity index (χ4v) is 6.04. The van der Waals surface area contributed by atoms with Crippen LogP contribution >= 0.6 is 34.3 Å². The molecule has 21 heavy (non-hydrogen) atoms. The second-order valence-electron chi connectivity index (χ2n) is 4.70. The standard InChI is InChI=1S/C12H14ClN3O2S3/c1-9-8-14-12(19-9)15-4-6-16(7-5-15)21(17,18)11-3-2-10(13)20-11/h2-3,8H,4-7H2,1H3. The largest absolute Gasteiger partial charge is 0.345 e. The lowest BCUT2D eigenvalue weighted by molar-refractivity contribution is 0.385. The van der Waals surface area contributed by atoms with Crippen LogP contribution in [0, 0.1) is 6.92 Å². The van der Waals surface area contributed by atoms with Gasteiger partial charge in [-0.15, -0.1) is 22.7 Å². The number of halogens is 1. The van der Waals surface area contributed by atoms with Crippen LogP contribution in [0.15, 0.2) is 22.5 Å². The van der Waals surface area contributed by atoms with Gasteiger partial charge in [-0.25, -0.2) is 13.4 Å². The van der Waals surface area contributed by atoms with Crippen LogP contribution in [-0.2, 0) is 10.0 Å². The normalized spacial score (nSPS) is 17.3. The summed E-state index contributed by atoms with van der Waals surface area (Å²) >= 11 is 8.57. The molecule has 0 N–H and O–H groups in total. The number of piperazine rings is 1. The third kappa shape index (κ3) is 3.09. The lowest BCUT2D eigenvalue weighted by atomic mass is 10.4. The van der Waals surface area contributed by atoms with Gasteiger partial charge in [0.05, 0.1) is 4.34 Å². The number of aromatic nitrogens is 1. The third-order valence-electron chi connectivity index (χ3n) is 3.26. The Bertz CT molecular complexity index is 733. The second-order valence-corrected chi connectivity index (χ2v) is 9.80. The van der Waals surface area contributed by atoms with E-state index in [2.05, 4.69) is 9.88 Å². The van der Waals surface area contributed by atoms with E-state index in [0.717, 1.165) is 21.3 Å². The smallest absolute Gasteiger partial charge is 0.252 e. The summed E-state index contributed by atoms with van der Waals surface area (Å²) in [5.74, 6) is 0. The van der Waals surface area contributed by atoms with Gasteiger partial charge in [0.2, 0.25) is 0 Å². The van der Waals surface area contributed by atoms with E-state index in [4.69, 9.17) is 11.6 Å². The number of thiophene rings is 1. The van der Waals surface area contributed by atoms with Crippen LogP contribution in [0.1, 0.15) is 4.88 Å². The first kappa shape index (κ1) is 15.2. The van der Waals surface area contributed by atoms with Gasteiger partial charge < -0.3 is 4.90 Å². The quantitative estimate of drug-likeness (QED) is 0.841. The minimum absolute atomic E-state index is 0.311. The topological polar surface area (TPSA) is 53.5 Å². The first-order chi connectivity index (χ1) is 9.96. The van der Waals surface area contributed by atoms with Crippen molar-refractivity contribution < 1.29 is 8.42 Å². The van der Waals surface area contributed by atoms with E-state index in [1.807, 2.05) is 13.1 Å². The van der Waals surface area contributed by atoms with Gasteiger partial charge in [-0.2, -0.15) is 4.31 Å². The minimum Gasteiger partial charge on any atom is -0.345 e. The highest BCUT2D eigenvalue weighted by molar-refractivity contribution is 7.91. The van der Waals surface area contributed by atoms with Crippen molar-refractivity contribution in [3.05, 3.63) is 27.5 Å². The van der Waals surface area contributed by atoms with Crippen molar-refractivity contribution in [3.8, 4) is 0 Å². The predicted octanol–water partition coefficient (Wildman–Crippen LogP) is 2.68. The van der Waals surface area contributed by atoms with Gasteiger partial charge in [0.1, 0.15) is 4.21 Å². The molecule has 5 nitrogen and oxygen atoms in total. The van der Waals surface area contributed by atoms with E-state index in [9.17, 15) is 8.42 Å². The summed E-state index contributed by atoms with van der Waals surface area (Å²) in [7, 11) is -3.42. The number of hydrogen-bond donors (Lipinski definition) is 0. The van der Waals surface area contributed by atoms with Crippen LogP contribution in [0.2, 0.25) is 4.34 Å². The average molecular weight is 364 g/mol. The molecule has 0 aromatic carbocycles. The van der Waals surface area contributed by atoms with E-state index in [1.165, 1.54) is 4.31 Å². The van der Waals surface area contributed by atoms with E-state index < -0.39 is 10.0 Å². The predicted molar refractivity (Wildman–Crippen MR) is 87.2 cm³/mol. The summed E-state index contributed by atoms with van der Waals surface area (Å²) in [6.45, 7) is 4.27. The van der Waals surface area contributed by atoms with Gasteiger partial charge in [-0.05, 0) is 19.1 Å². The van der Waals surface area contributed by atoms with Crippen LogP contribution in [0.25, 0.3) is 0 Å². The Kier molecular flexibility index (Phi) is 4.24. The van der Waals surface area contributed by atoms with Gasteiger partial charge in [0.25, 0.3) is 10.0 Å². The lowest BCUT2D eigenvalue weighted by Gasteiger charge is -2.33. The maximum absolute atomic E-state index is 12.5. The molecule has 0 bridgehead atoms. The maximum Gasteiger partial charge on any atom is 0.252 e. The Labute approximate surface area is 136 Å². The van der Waals surface area contributed by atoms with Crippen LogP contribution in [0.4, 0.5) is 5.13 Å². The van der Waals surface area contributed by atoms with Gasteiger partial charge >= 0.3 is 0 Å². The van der Waals surface area contributed by atoms with Crippen LogP contribution in [-0.4, -0.2) is 43.9 Å². The minimum atomic E-state index is -3.42. The molecule has 0 radical (unpaired) electrons. The Balaban J connectivity index is 1.71. The van der Waals surface area contributed by atoms with E-state index in [1.54, 1.807) is 23.5 Å². The molecule has 1 saturated heterocycles. The highest BCUT2D eigenvalue weighted by Gasteiger charge is 2.30. The summed E-state index contributed by atoms with van der Waals surface area (Å²) < 4.78 is 27.3. The number of thiazole rings is 1. The van der Waals surface area contributed by atoms with Crippen molar-refractivity contribution in [1.29, 1.82) is 0 Å². The summed E-state index contributed by atoms with van der Waals surface area (Å²) in [5, 5.41) is 0.962. The molecule has 1 fully saturated rings. The molecule has 0 saturated carbocycles. The molecule has 1 aliphatic heterocycles. The lowest BCUT2D eigenvalue weighted by Crippen LogP contribution is -2.48. The highest BCUT2D eigenvalue weighted by atomic mass is 35.5. The summed E-state index contributed by atoms with van der Waals surface area (Å²) in [6.07, 6.45) is 1.84. The van der Waals surface area contributed by atoms with E-state index in [-0.39, 0.29) is 0 Å². The molecular weight excluding hydrogens is 350 g/mol. The van der Waals surface area contributed by atoms with Crippen LogP contribution in [0.5, 0.6) is 0 Å². The average Bonchev–Trinajstić information content (AvgIpc) is 3.08. The van der Waals surface area contributed by atoms with Gasteiger partial charge in [0, 0.05) is 37.3 Å². The SMILES string of the molecule is Cc1cnc(N2CCN(S(=O)(=O)c3ccc(Cl)s3)CC2)s1. The van der Waals surface area contributed by atoms with Crippen molar-refractivity contribution in [1.82, 2.24) is 9.29 Å². The summed E-state index contributed by atoms with van der Waals surface area (Å²) in [6, 6.07) is 3.19. The monoisotopic (exact) mass is 363 g/mol. The molecule has 9 heteroatoms. The first-order valence-corrected chi connectivity index (χ1v) is 9.85. The van der Waals surface area contributed by atoms with Crippen LogP contribution < -0.4 is 4.90 Å². The zero-order valence-electron chi connectivity index (χ0n) is 11.3. The first-order valence-electron chi connectivity index (χ1n) is 6.40. The summed E-state index contributed by atoms with van der Waals surface area (Å²) in [5.41, 5.74) is 0. The molecule has 2 aromatic rings. The van der Waals surface area contributed by atoms with Crippen molar-refractivity contribution in [2.75, 3.05) is 31.1 Å². The number of sulfonamides is 1. The Morgan fingerprint density at radius 3 is 2.43 bits per heavy atom. The van der Waals surface area contributed by atoms with Crippen LogP contribution in [0.3, 0.4) is 0 Å². The van der Waals surface area contributed by atoms with E-state index in [0.29, 0.717) is 34.7 Å². The number of hydrogen-bond acceptors (Lipinski definition) is 6. The maximum atomic E-state index is 12.5. The molecule has 114 valence electrons. The molecule has 0 amide bonds. The number of rotatable bonds is 3. The number of aryl methyl sites for hydroxylation is 1. The molecule has 0 unspecified atom stereocenters. The van der Waals surface area contributed by atoms with Crippen molar-refractivity contribution in [3.63, 3.8) is 0 Å². The Hall–Kier alpha value is -0.670. The highest BCUT2D eigenvalue weighted by Crippen LogP contribution is 2.29. The molecule has 3 heterocycles. The molecule has 2 aromatic heterocycles.